The van der Waals surface area contributed by atoms with Crippen LogP contribution in [0.3, 0.4) is 0 Å². The van der Waals surface area contributed by atoms with Gasteiger partial charge in [0.25, 0.3) is 0 Å². The van der Waals surface area contributed by atoms with Crippen molar-refractivity contribution in [3.63, 3.8) is 0 Å². The molecule has 2 heterocycles. The minimum Gasteiger partial charge on any atom is -0.312 e. The Morgan fingerprint density at radius 3 is 3.17 bits per heavy atom. The molecule has 1 amide bonds. The Morgan fingerprint density at radius 2 is 2.33 bits per heavy atom. The predicted octanol–water partition coefficient (Wildman–Crippen LogP) is 1.67. The fourth-order valence-corrected chi connectivity index (χ4v) is 3.62. The quantitative estimate of drug-likeness (QED) is 0.880. The summed E-state index contributed by atoms with van der Waals surface area (Å²) >= 11 is 1.94. The Kier molecular flexibility index (Phi) is 3.57. The van der Waals surface area contributed by atoms with Crippen LogP contribution in [-0.2, 0) is 11.2 Å². The molecule has 0 radical (unpaired) electrons. The smallest absolute Gasteiger partial charge is 0.228 e. The Balaban J connectivity index is 1.67. The van der Waals surface area contributed by atoms with Crippen molar-refractivity contribution in [2.45, 2.75) is 18.9 Å². The van der Waals surface area contributed by atoms with E-state index < -0.39 is 0 Å². The third kappa shape index (κ3) is 2.40. The van der Waals surface area contributed by atoms with Gasteiger partial charge in [-0.05, 0) is 18.1 Å². The minimum absolute atomic E-state index is 0.264. The lowest BCUT2D eigenvalue weighted by Gasteiger charge is -2.25. The van der Waals surface area contributed by atoms with Crippen LogP contribution < -0.4 is 10.2 Å². The Morgan fingerprint density at radius 1 is 1.44 bits per heavy atom. The van der Waals surface area contributed by atoms with Crippen LogP contribution in [0.4, 0.5) is 5.69 Å². The van der Waals surface area contributed by atoms with Crippen molar-refractivity contribution >= 4 is 23.4 Å². The standard InChI is InChI=1S/C14H18N2OS/c17-14(9-12-10-18-8-6-15-12)16-7-5-11-3-1-2-4-13(11)16/h1-4,12,15H,5-10H2. The topological polar surface area (TPSA) is 32.3 Å². The molecule has 2 aliphatic heterocycles. The molecule has 0 bridgehead atoms. The summed E-state index contributed by atoms with van der Waals surface area (Å²) in [5.74, 6) is 2.48. The van der Waals surface area contributed by atoms with Crippen molar-refractivity contribution in [3.8, 4) is 0 Å². The number of amides is 1. The van der Waals surface area contributed by atoms with E-state index in [-0.39, 0.29) is 5.91 Å². The molecular weight excluding hydrogens is 244 g/mol. The molecule has 1 N–H and O–H groups in total. The maximum absolute atomic E-state index is 12.4. The summed E-state index contributed by atoms with van der Waals surface area (Å²) < 4.78 is 0. The van der Waals surface area contributed by atoms with E-state index in [2.05, 4.69) is 17.4 Å². The zero-order valence-electron chi connectivity index (χ0n) is 10.4. The first-order valence-corrected chi connectivity index (χ1v) is 7.69. The molecule has 18 heavy (non-hydrogen) atoms. The van der Waals surface area contributed by atoms with Gasteiger partial charge in [0.1, 0.15) is 0 Å². The third-order valence-electron chi connectivity index (χ3n) is 3.61. The van der Waals surface area contributed by atoms with Crippen LogP contribution in [0.2, 0.25) is 0 Å². The Bertz CT molecular complexity index is 443. The van der Waals surface area contributed by atoms with Gasteiger partial charge in [0.15, 0.2) is 0 Å². The average molecular weight is 262 g/mol. The van der Waals surface area contributed by atoms with Gasteiger partial charge in [-0.15, -0.1) is 0 Å². The molecule has 0 spiro atoms. The molecule has 1 atom stereocenters. The zero-order valence-corrected chi connectivity index (χ0v) is 11.2. The number of hydrogen-bond acceptors (Lipinski definition) is 3. The molecule has 2 aliphatic rings. The highest BCUT2D eigenvalue weighted by Gasteiger charge is 2.26. The number of rotatable bonds is 2. The number of fused-ring (bicyclic) bond motifs is 1. The molecule has 1 aromatic carbocycles. The lowest BCUT2D eigenvalue weighted by atomic mass is 10.1. The molecule has 1 fully saturated rings. The van der Waals surface area contributed by atoms with Gasteiger partial charge >= 0.3 is 0 Å². The number of hydrogen-bond donors (Lipinski definition) is 1. The number of para-hydroxylation sites is 1. The van der Waals surface area contributed by atoms with Crippen LogP contribution in [0.25, 0.3) is 0 Å². The number of nitrogens with zero attached hydrogens (tertiary/aromatic N) is 1. The lowest BCUT2D eigenvalue weighted by molar-refractivity contribution is -0.118. The van der Waals surface area contributed by atoms with Crippen LogP contribution in [0.1, 0.15) is 12.0 Å². The summed E-state index contributed by atoms with van der Waals surface area (Å²) in [5, 5.41) is 3.43. The number of carbonyl (C=O) groups excluding carboxylic acids is 1. The van der Waals surface area contributed by atoms with E-state index >= 15 is 0 Å². The molecule has 3 rings (SSSR count). The van der Waals surface area contributed by atoms with E-state index in [1.807, 2.05) is 28.8 Å². The highest BCUT2D eigenvalue weighted by atomic mass is 32.2. The number of thioether (sulfide) groups is 1. The summed E-state index contributed by atoms with van der Waals surface area (Å²) in [6.45, 7) is 1.87. The molecule has 0 aromatic heterocycles. The van der Waals surface area contributed by atoms with E-state index in [1.54, 1.807) is 0 Å². The van der Waals surface area contributed by atoms with Crippen molar-refractivity contribution < 1.29 is 4.79 Å². The SMILES string of the molecule is O=C(CC1CSCCN1)N1CCc2ccccc21. The van der Waals surface area contributed by atoms with Crippen LogP contribution in [-0.4, -0.2) is 36.5 Å². The average Bonchev–Trinajstić information content (AvgIpc) is 2.84. The van der Waals surface area contributed by atoms with Gasteiger partial charge in [-0.25, -0.2) is 0 Å². The largest absolute Gasteiger partial charge is 0.312 e. The predicted molar refractivity (Wildman–Crippen MR) is 76.2 cm³/mol. The first kappa shape index (κ1) is 12.1. The molecule has 1 aromatic rings. The molecule has 96 valence electrons. The summed E-state index contributed by atoms with van der Waals surface area (Å²) in [4.78, 5) is 14.3. The maximum Gasteiger partial charge on any atom is 0.228 e. The van der Waals surface area contributed by atoms with Crippen LogP contribution >= 0.6 is 11.8 Å². The van der Waals surface area contributed by atoms with Crippen molar-refractivity contribution in [2.24, 2.45) is 0 Å². The van der Waals surface area contributed by atoms with Crippen LogP contribution in [0.5, 0.6) is 0 Å². The van der Waals surface area contributed by atoms with Gasteiger partial charge in [0.2, 0.25) is 5.91 Å². The van der Waals surface area contributed by atoms with Crippen molar-refractivity contribution in [1.82, 2.24) is 5.32 Å². The Hall–Kier alpha value is -1.00. The number of nitrogens with one attached hydrogen (secondary N) is 1. The fourth-order valence-electron chi connectivity index (χ4n) is 2.67. The van der Waals surface area contributed by atoms with Crippen molar-refractivity contribution in [3.05, 3.63) is 29.8 Å². The second-order valence-electron chi connectivity index (χ2n) is 4.85. The van der Waals surface area contributed by atoms with Gasteiger partial charge in [0, 0.05) is 42.7 Å². The minimum atomic E-state index is 0.264. The number of carbonyl (C=O) groups is 1. The van der Waals surface area contributed by atoms with Crippen LogP contribution in [0, 0.1) is 0 Å². The molecule has 0 saturated carbocycles. The summed E-state index contributed by atoms with van der Waals surface area (Å²) in [5.41, 5.74) is 2.42. The fraction of sp³-hybridized carbons (Fsp3) is 0.500. The lowest BCUT2D eigenvalue weighted by Crippen LogP contribution is -2.42. The van der Waals surface area contributed by atoms with Crippen LogP contribution in [0.15, 0.2) is 24.3 Å². The van der Waals surface area contributed by atoms with Crippen molar-refractivity contribution in [1.29, 1.82) is 0 Å². The second kappa shape index (κ2) is 5.33. The first-order valence-electron chi connectivity index (χ1n) is 6.54. The number of anilines is 1. The van der Waals surface area contributed by atoms with Gasteiger partial charge < -0.3 is 10.2 Å². The summed E-state index contributed by atoms with van der Waals surface area (Å²) in [6.07, 6.45) is 1.62. The van der Waals surface area contributed by atoms with E-state index in [0.29, 0.717) is 12.5 Å². The second-order valence-corrected chi connectivity index (χ2v) is 6.00. The number of benzene rings is 1. The zero-order chi connectivity index (χ0) is 12.4. The van der Waals surface area contributed by atoms with E-state index in [0.717, 1.165) is 36.7 Å². The molecule has 0 aliphatic carbocycles. The molecular formula is C14H18N2OS. The van der Waals surface area contributed by atoms with E-state index in [1.165, 1.54) is 5.56 Å². The monoisotopic (exact) mass is 262 g/mol. The van der Waals surface area contributed by atoms with Crippen molar-refractivity contribution in [2.75, 3.05) is 29.5 Å². The summed E-state index contributed by atoms with van der Waals surface area (Å²) in [7, 11) is 0. The van der Waals surface area contributed by atoms with Gasteiger partial charge in [0.05, 0.1) is 0 Å². The maximum atomic E-state index is 12.4. The first-order chi connectivity index (χ1) is 8.84. The molecule has 4 heteroatoms. The summed E-state index contributed by atoms with van der Waals surface area (Å²) in [6, 6.07) is 8.59. The van der Waals surface area contributed by atoms with Gasteiger partial charge in [-0.3, -0.25) is 4.79 Å². The Labute approximate surface area is 112 Å². The third-order valence-corrected chi connectivity index (χ3v) is 4.74. The normalized spacial score (nSPS) is 22.9. The molecule has 1 unspecified atom stereocenters. The van der Waals surface area contributed by atoms with Gasteiger partial charge in [-0.2, -0.15) is 11.8 Å². The van der Waals surface area contributed by atoms with Gasteiger partial charge in [-0.1, -0.05) is 18.2 Å². The molecule has 1 saturated heterocycles. The molecule has 3 nitrogen and oxygen atoms in total. The van der Waals surface area contributed by atoms with E-state index in [9.17, 15) is 4.79 Å². The highest BCUT2D eigenvalue weighted by molar-refractivity contribution is 7.99. The highest BCUT2D eigenvalue weighted by Crippen LogP contribution is 2.28. The van der Waals surface area contributed by atoms with E-state index in [4.69, 9.17) is 0 Å².